The van der Waals surface area contributed by atoms with Gasteiger partial charge in [0.1, 0.15) is 5.75 Å². The molecule has 0 saturated heterocycles. The standard InChI is InChI=1S/C24H21F2NO6S/c1-2-27(19-8-4-3-5-9-19)34(30,31)21-10-6-7-18(15-21)23(29)32-16-22(28)17-11-13-20(14-12-17)33-24(25)26/h3-15,24H,2,16H2,1H3. The lowest BCUT2D eigenvalue weighted by Crippen LogP contribution is -2.30. The first-order valence-corrected chi connectivity index (χ1v) is 11.6. The number of rotatable bonds is 10. The molecule has 7 nitrogen and oxygen atoms in total. The fraction of sp³-hybridized carbons (Fsp3) is 0.167. The Morgan fingerprint density at radius 3 is 2.21 bits per heavy atom. The largest absolute Gasteiger partial charge is 0.454 e. The molecule has 34 heavy (non-hydrogen) atoms. The van der Waals surface area contributed by atoms with Gasteiger partial charge in [-0.2, -0.15) is 8.78 Å². The first kappa shape index (κ1) is 24.8. The summed E-state index contributed by atoms with van der Waals surface area (Å²) in [5.74, 6) is -1.56. The maximum Gasteiger partial charge on any atom is 0.387 e. The molecule has 0 aliphatic rings. The molecule has 0 fully saturated rings. The van der Waals surface area contributed by atoms with Crippen LogP contribution in [0.3, 0.4) is 0 Å². The molecule has 0 unspecified atom stereocenters. The lowest BCUT2D eigenvalue weighted by molar-refractivity contribution is -0.0498. The van der Waals surface area contributed by atoms with Crippen molar-refractivity contribution < 1.29 is 36.3 Å². The van der Waals surface area contributed by atoms with Gasteiger partial charge in [-0.3, -0.25) is 9.10 Å². The predicted molar refractivity (Wildman–Crippen MR) is 121 cm³/mol. The fourth-order valence-electron chi connectivity index (χ4n) is 3.12. The molecule has 0 saturated carbocycles. The predicted octanol–water partition coefficient (Wildman–Crippen LogP) is 4.54. The monoisotopic (exact) mass is 489 g/mol. The number of anilines is 1. The number of halogens is 2. The Hall–Kier alpha value is -3.79. The zero-order valence-corrected chi connectivity index (χ0v) is 18.9. The SMILES string of the molecule is CCN(c1ccccc1)S(=O)(=O)c1cccc(C(=O)OCC(=O)c2ccc(OC(F)F)cc2)c1. The number of para-hydroxylation sites is 1. The van der Waals surface area contributed by atoms with E-state index in [1.54, 1.807) is 37.3 Å². The molecule has 0 N–H and O–H groups in total. The summed E-state index contributed by atoms with van der Waals surface area (Å²) in [5.41, 5.74) is 0.569. The van der Waals surface area contributed by atoms with Gasteiger partial charge in [-0.25, -0.2) is 13.2 Å². The highest BCUT2D eigenvalue weighted by molar-refractivity contribution is 7.92. The molecule has 0 aliphatic carbocycles. The van der Waals surface area contributed by atoms with Gasteiger partial charge < -0.3 is 9.47 Å². The van der Waals surface area contributed by atoms with Crippen molar-refractivity contribution in [1.82, 2.24) is 0 Å². The van der Waals surface area contributed by atoms with Crippen LogP contribution in [0.5, 0.6) is 5.75 Å². The van der Waals surface area contributed by atoms with Crippen molar-refractivity contribution in [3.8, 4) is 5.75 Å². The van der Waals surface area contributed by atoms with E-state index in [9.17, 15) is 26.8 Å². The number of ketones is 1. The number of hydrogen-bond acceptors (Lipinski definition) is 6. The number of hydrogen-bond donors (Lipinski definition) is 0. The number of carbonyl (C=O) groups is 2. The van der Waals surface area contributed by atoms with Gasteiger partial charge >= 0.3 is 12.6 Å². The van der Waals surface area contributed by atoms with E-state index in [-0.39, 0.29) is 28.3 Å². The quantitative estimate of drug-likeness (QED) is 0.307. The Balaban J connectivity index is 1.70. The fourth-order valence-corrected chi connectivity index (χ4v) is 4.64. The maximum absolute atomic E-state index is 13.1. The van der Waals surface area contributed by atoms with Gasteiger partial charge in [0.15, 0.2) is 12.4 Å². The molecule has 0 aromatic heterocycles. The Labute approximate surface area is 195 Å². The summed E-state index contributed by atoms with van der Waals surface area (Å²) in [6, 6.07) is 18.8. The number of alkyl halides is 2. The molecule has 3 aromatic rings. The Bertz CT molecular complexity index is 1250. The van der Waals surface area contributed by atoms with E-state index in [2.05, 4.69) is 4.74 Å². The van der Waals surface area contributed by atoms with E-state index in [0.717, 1.165) is 0 Å². The minimum absolute atomic E-state index is 0.0429. The summed E-state index contributed by atoms with van der Waals surface area (Å²) in [4.78, 5) is 24.6. The number of carbonyl (C=O) groups excluding carboxylic acids is 2. The van der Waals surface area contributed by atoms with Crippen LogP contribution in [0.15, 0.2) is 83.8 Å². The average Bonchev–Trinajstić information content (AvgIpc) is 2.83. The summed E-state index contributed by atoms with van der Waals surface area (Å²) in [6.07, 6.45) is 0. The smallest absolute Gasteiger partial charge is 0.387 e. The highest BCUT2D eigenvalue weighted by Crippen LogP contribution is 2.24. The number of benzene rings is 3. The summed E-state index contributed by atoms with van der Waals surface area (Å²) in [7, 11) is -3.95. The van der Waals surface area contributed by atoms with Crippen LogP contribution in [-0.2, 0) is 14.8 Å². The van der Waals surface area contributed by atoms with Gasteiger partial charge in [-0.05, 0) is 61.5 Å². The van der Waals surface area contributed by atoms with Crippen LogP contribution in [0.1, 0.15) is 27.6 Å². The molecule has 178 valence electrons. The Kier molecular flexibility index (Phi) is 7.95. The molecule has 0 heterocycles. The molecule has 0 atom stereocenters. The van der Waals surface area contributed by atoms with Gasteiger partial charge in [0.25, 0.3) is 10.0 Å². The molecule has 0 amide bonds. The first-order chi connectivity index (χ1) is 16.2. The van der Waals surface area contributed by atoms with Crippen LogP contribution < -0.4 is 9.04 Å². The van der Waals surface area contributed by atoms with Crippen LogP contribution in [0, 0.1) is 0 Å². The first-order valence-electron chi connectivity index (χ1n) is 10.2. The van der Waals surface area contributed by atoms with Crippen LogP contribution in [0.25, 0.3) is 0 Å². The lowest BCUT2D eigenvalue weighted by Gasteiger charge is -2.23. The lowest BCUT2D eigenvalue weighted by atomic mass is 10.1. The minimum Gasteiger partial charge on any atom is -0.454 e. The highest BCUT2D eigenvalue weighted by atomic mass is 32.2. The number of ether oxygens (including phenoxy) is 2. The van der Waals surface area contributed by atoms with Gasteiger partial charge in [0, 0.05) is 12.1 Å². The van der Waals surface area contributed by atoms with Crippen molar-refractivity contribution in [3.05, 3.63) is 90.0 Å². The van der Waals surface area contributed by atoms with Crippen molar-refractivity contribution in [2.75, 3.05) is 17.5 Å². The summed E-state index contributed by atoms with van der Waals surface area (Å²) in [5, 5.41) is 0. The molecular formula is C24H21F2NO6S. The molecule has 10 heteroatoms. The molecule has 0 aliphatic heterocycles. The third-order valence-corrected chi connectivity index (χ3v) is 6.62. The maximum atomic E-state index is 13.1. The highest BCUT2D eigenvalue weighted by Gasteiger charge is 2.25. The molecular weight excluding hydrogens is 468 g/mol. The van der Waals surface area contributed by atoms with Crippen LogP contribution in [-0.4, -0.2) is 39.9 Å². The zero-order chi connectivity index (χ0) is 24.7. The van der Waals surface area contributed by atoms with Crippen molar-refractivity contribution in [3.63, 3.8) is 0 Å². The van der Waals surface area contributed by atoms with Gasteiger partial charge in [-0.15, -0.1) is 0 Å². The number of Topliss-reactive ketones (excluding diaryl/α,β-unsaturated/α-hetero) is 1. The second-order valence-electron chi connectivity index (χ2n) is 6.94. The van der Waals surface area contributed by atoms with Crippen LogP contribution in [0.4, 0.5) is 14.5 Å². The van der Waals surface area contributed by atoms with E-state index < -0.39 is 35.0 Å². The number of nitrogens with zero attached hydrogens (tertiary/aromatic N) is 1. The van der Waals surface area contributed by atoms with Gasteiger partial charge in [0.2, 0.25) is 0 Å². The molecule has 0 spiro atoms. The van der Waals surface area contributed by atoms with E-state index in [4.69, 9.17) is 4.74 Å². The minimum atomic E-state index is -3.95. The average molecular weight is 489 g/mol. The van der Waals surface area contributed by atoms with E-state index in [1.165, 1.54) is 52.8 Å². The molecule has 0 radical (unpaired) electrons. The summed E-state index contributed by atoms with van der Waals surface area (Å²) < 4.78 is 61.2. The normalized spacial score (nSPS) is 11.2. The van der Waals surface area contributed by atoms with Crippen molar-refractivity contribution in [1.29, 1.82) is 0 Å². The summed E-state index contributed by atoms with van der Waals surface area (Å²) >= 11 is 0. The zero-order valence-electron chi connectivity index (χ0n) is 18.1. The van der Waals surface area contributed by atoms with Crippen LogP contribution >= 0.6 is 0 Å². The van der Waals surface area contributed by atoms with Crippen molar-refractivity contribution >= 4 is 27.5 Å². The molecule has 0 bridgehead atoms. The van der Waals surface area contributed by atoms with Crippen molar-refractivity contribution in [2.24, 2.45) is 0 Å². The third-order valence-electron chi connectivity index (χ3n) is 4.72. The van der Waals surface area contributed by atoms with E-state index in [1.807, 2.05) is 0 Å². The van der Waals surface area contributed by atoms with Gasteiger partial charge in [0.05, 0.1) is 16.1 Å². The Morgan fingerprint density at radius 1 is 0.912 bits per heavy atom. The van der Waals surface area contributed by atoms with Crippen molar-refractivity contribution in [2.45, 2.75) is 18.4 Å². The van der Waals surface area contributed by atoms with Gasteiger partial charge in [-0.1, -0.05) is 24.3 Å². The molecule has 3 aromatic carbocycles. The number of sulfonamides is 1. The second kappa shape index (κ2) is 10.9. The topological polar surface area (TPSA) is 90.0 Å². The second-order valence-corrected chi connectivity index (χ2v) is 8.80. The number of esters is 1. The van der Waals surface area contributed by atoms with E-state index >= 15 is 0 Å². The summed E-state index contributed by atoms with van der Waals surface area (Å²) in [6.45, 7) is -1.73. The van der Waals surface area contributed by atoms with E-state index in [0.29, 0.717) is 5.69 Å². The van der Waals surface area contributed by atoms with Crippen LogP contribution in [0.2, 0.25) is 0 Å². The Morgan fingerprint density at radius 2 is 1.59 bits per heavy atom. The molecule has 3 rings (SSSR count). The third kappa shape index (κ3) is 5.96.